The second kappa shape index (κ2) is 9.13. The summed E-state index contributed by atoms with van der Waals surface area (Å²) in [5, 5.41) is 0. The number of likely N-dealkylation sites (N-methyl/N-ethyl adjacent to an activating group) is 1. The lowest BCUT2D eigenvalue weighted by molar-refractivity contribution is -0.133. The lowest BCUT2D eigenvalue weighted by Crippen LogP contribution is -2.48. The van der Waals surface area contributed by atoms with Crippen LogP contribution in [0.4, 0.5) is 4.39 Å². The number of benzene rings is 1. The van der Waals surface area contributed by atoms with Crippen LogP contribution in [0.2, 0.25) is 0 Å². The van der Waals surface area contributed by atoms with Crippen LogP contribution in [0.5, 0.6) is 0 Å². The number of rotatable bonds is 7. The zero-order valence-corrected chi connectivity index (χ0v) is 16.3. The van der Waals surface area contributed by atoms with E-state index in [1.165, 1.54) is 6.07 Å². The molecular weight excluding hydrogens is 343 g/mol. The van der Waals surface area contributed by atoms with E-state index in [1.54, 1.807) is 12.3 Å². The molecule has 1 saturated heterocycles. The van der Waals surface area contributed by atoms with Gasteiger partial charge in [-0.1, -0.05) is 25.1 Å². The van der Waals surface area contributed by atoms with E-state index in [-0.39, 0.29) is 17.8 Å². The smallest absolute Gasteiger partial charge is 0.224 e. The van der Waals surface area contributed by atoms with Gasteiger partial charge in [-0.25, -0.2) is 9.37 Å². The summed E-state index contributed by atoms with van der Waals surface area (Å²) in [7, 11) is 1.90. The van der Waals surface area contributed by atoms with Crippen LogP contribution in [0.1, 0.15) is 37.6 Å². The molecule has 0 bridgehead atoms. The topological polar surface area (TPSA) is 41.4 Å². The Kier molecular flexibility index (Phi) is 6.61. The quantitative estimate of drug-likeness (QED) is 0.750. The van der Waals surface area contributed by atoms with Gasteiger partial charge in [0, 0.05) is 63.5 Å². The summed E-state index contributed by atoms with van der Waals surface area (Å²) in [6.07, 6.45) is 7.09. The van der Waals surface area contributed by atoms with Gasteiger partial charge in [0.25, 0.3) is 0 Å². The molecule has 2 heterocycles. The van der Waals surface area contributed by atoms with Crippen LogP contribution in [0, 0.1) is 5.82 Å². The minimum atomic E-state index is -0.156. The monoisotopic (exact) mass is 372 g/mol. The summed E-state index contributed by atoms with van der Waals surface area (Å²) in [5.74, 6) is 1.01. The minimum absolute atomic E-state index is 0.156. The number of carbonyl (C=O) groups is 1. The Morgan fingerprint density at radius 3 is 2.96 bits per heavy atom. The minimum Gasteiger partial charge on any atom is -0.341 e. The Hall–Kier alpha value is -2.21. The predicted octanol–water partition coefficient (Wildman–Crippen LogP) is 3.10. The Bertz CT molecular complexity index is 760. The van der Waals surface area contributed by atoms with E-state index in [1.807, 2.05) is 30.3 Å². The first kappa shape index (κ1) is 19.5. The first-order chi connectivity index (χ1) is 13.1. The molecule has 5 nitrogen and oxygen atoms in total. The van der Waals surface area contributed by atoms with Gasteiger partial charge in [0.1, 0.15) is 11.6 Å². The number of imidazole rings is 1. The highest BCUT2D eigenvalue weighted by Crippen LogP contribution is 2.19. The molecule has 1 atom stereocenters. The second-order valence-corrected chi connectivity index (χ2v) is 7.27. The number of hydrogen-bond acceptors (Lipinski definition) is 3. The van der Waals surface area contributed by atoms with Crippen LogP contribution in [0.3, 0.4) is 0 Å². The van der Waals surface area contributed by atoms with E-state index in [9.17, 15) is 9.18 Å². The van der Waals surface area contributed by atoms with Gasteiger partial charge in [0.2, 0.25) is 5.91 Å². The second-order valence-electron chi connectivity index (χ2n) is 7.27. The SMILES string of the molecule is CCc1nccn1CCC(=O)N(C)[C@@H]1CCCN(Cc2ccccc2F)C1. The van der Waals surface area contributed by atoms with Crippen molar-refractivity contribution in [2.24, 2.45) is 0 Å². The third kappa shape index (κ3) is 4.95. The molecule has 0 aliphatic carbocycles. The molecule has 1 fully saturated rings. The lowest BCUT2D eigenvalue weighted by atomic mass is 10.0. The number of hydrogen-bond donors (Lipinski definition) is 0. The molecule has 3 rings (SSSR count). The van der Waals surface area contributed by atoms with Gasteiger partial charge in [-0.3, -0.25) is 9.69 Å². The predicted molar refractivity (Wildman–Crippen MR) is 104 cm³/mol. The molecule has 1 aromatic heterocycles. The molecule has 146 valence electrons. The van der Waals surface area contributed by atoms with Crippen molar-refractivity contribution in [1.82, 2.24) is 19.4 Å². The highest BCUT2D eigenvalue weighted by atomic mass is 19.1. The summed E-state index contributed by atoms with van der Waals surface area (Å²) >= 11 is 0. The maximum atomic E-state index is 13.9. The maximum absolute atomic E-state index is 13.9. The van der Waals surface area contributed by atoms with Crippen molar-refractivity contribution in [1.29, 1.82) is 0 Å². The fraction of sp³-hybridized carbons (Fsp3) is 0.524. The van der Waals surface area contributed by atoms with Crippen LogP contribution < -0.4 is 0 Å². The van der Waals surface area contributed by atoms with Crippen molar-refractivity contribution in [3.8, 4) is 0 Å². The molecule has 0 radical (unpaired) electrons. The van der Waals surface area contributed by atoms with Gasteiger partial charge >= 0.3 is 0 Å². The van der Waals surface area contributed by atoms with Crippen LogP contribution >= 0.6 is 0 Å². The average molecular weight is 372 g/mol. The van der Waals surface area contributed by atoms with Crippen LogP contribution in [-0.2, 0) is 24.3 Å². The first-order valence-electron chi connectivity index (χ1n) is 9.80. The number of aromatic nitrogens is 2. The van der Waals surface area contributed by atoms with Gasteiger partial charge < -0.3 is 9.47 Å². The highest BCUT2D eigenvalue weighted by Gasteiger charge is 2.26. The third-order valence-corrected chi connectivity index (χ3v) is 5.46. The van der Waals surface area contributed by atoms with Crippen molar-refractivity contribution in [2.45, 2.75) is 51.7 Å². The average Bonchev–Trinajstić information content (AvgIpc) is 3.15. The number of aryl methyl sites for hydroxylation is 2. The van der Waals surface area contributed by atoms with Gasteiger partial charge in [-0.2, -0.15) is 0 Å². The molecule has 1 amide bonds. The van der Waals surface area contributed by atoms with Crippen molar-refractivity contribution >= 4 is 5.91 Å². The molecule has 0 unspecified atom stereocenters. The number of likely N-dealkylation sites (tertiary alicyclic amines) is 1. The lowest BCUT2D eigenvalue weighted by Gasteiger charge is -2.37. The molecule has 0 saturated carbocycles. The fourth-order valence-corrected chi connectivity index (χ4v) is 3.81. The molecule has 6 heteroatoms. The maximum Gasteiger partial charge on any atom is 0.224 e. The molecule has 1 aromatic carbocycles. The molecule has 27 heavy (non-hydrogen) atoms. The van der Waals surface area contributed by atoms with E-state index in [0.717, 1.165) is 43.7 Å². The van der Waals surface area contributed by atoms with Crippen LogP contribution in [0.15, 0.2) is 36.7 Å². The number of piperidine rings is 1. The zero-order valence-electron chi connectivity index (χ0n) is 16.3. The van der Waals surface area contributed by atoms with Gasteiger partial charge in [-0.05, 0) is 25.5 Å². The van der Waals surface area contributed by atoms with Gasteiger partial charge in [0.05, 0.1) is 0 Å². The highest BCUT2D eigenvalue weighted by molar-refractivity contribution is 5.76. The van der Waals surface area contributed by atoms with Crippen LogP contribution in [-0.4, -0.2) is 51.4 Å². The Morgan fingerprint density at radius 2 is 2.19 bits per heavy atom. The molecule has 1 aliphatic heterocycles. The number of nitrogens with zero attached hydrogens (tertiary/aromatic N) is 4. The summed E-state index contributed by atoms with van der Waals surface area (Å²) in [4.78, 5) is 21.1. The Labute approximate surface area is 160 Å². The standard InChI is InChI=1S/C21H29FN4O/c1-3-20-23-11-14-26(20)13-10-21(27)24(2)18-8-6-12-25(16-18)15-17-7-4-5-9-19(17)22/h4-5,7,9,11,14,18H,3,6,8,10,12-13,15-16H2,1-2H3/t18-/m1/s1. The molecule has 1 aliphatic rings. The summed E-state index contributed by atoms with van der Waals surface area (Å²) in [5.41, 5.74) is 0.722. The molecule has 0 spiro atoms. The summed E-state index contributed by atoms with van der Waals surface area (Å²) in [6, 6.07) is 7.12. The van der Waals surface area contributed by atoms with E-state index < -0.39 is 0 Å². The van der Waals surface area contributed by atoms with E-state index in [4.69, 9.17) is 0 Å². The first-order valence-corrected chi connectivity index (χ1v) is 9.80. The van der Waals surface area contributed by atoms with Gasteiger partial charge in [0.15, 0.2) is 0 Å². The van der Waals surface area contributed by atoms with E-state index in [0.29, 0.717) is 19.5 Å². The third-order valence-electron chi connectivity index (χ3n) is 5.46. The van der Waals surface area contributed by atoms with Crippen LogP contribution in [0.25, 0.3) is 0 Å². The number of amides is 1. The molecular formula is C21H29FN4O. The zero-order chi connectivity index (χ0) is 19.2. The molecule has 0 N–H and O–H groups in total. The summed E-state index contributed by atoms with van der Waals surface area (Å²) < 4.78 is 16.0. The van der Waals surface area contributed by atoms with Crippen molar-refractivity contribution < 1.29 is 9.18 Å². The normalized spacial score (nSPS) is 17.8. The van der Waals surface area contributed by atoms with E-state index in [2.05, 4.69) is 21.4 Å². The molecule has 2 aromatic rings. The Balaban J connectivity index is 1.53. The fourth-order valence-electron chi connectivity index (χ4n) is 3.81. The summed E-state index contributed by atoms with van der Waals surface area (Å²) in [6.45, 7) is 5.07. The number of halogens is 1. The van der Waals surface area contributed by atoms with Gasteiger partial charge in [-0.15, -0.1) is 0 Å². The van der Waals surface area contributed by atoms with E-state index >= 15 is 0 Å². The van der Waals surface area contributed by atoms with Crippen molar-refractivity contribution in [2.75, 3.05) is 20.1 Å². The largest absolute Gasteiger partial charge is 0.341 e. The van der Waals surface area contributed by atoms with Crippen molar-refractivity contribution in [3.05, 3.63) is 53.9 Å². The number of carbonyl (C=O) groups excluding carboxylic acids is 1. The Morgan fingerprint density at radius 1 is 1.37 bits per heavy atom. The van der Waals surface area contributed by atoms with Crippen molar-refractivity contribution in [3.63, 3.8) is 0 Å².